The van der Waals surface area contributed by atoms with Crippen molar-refractivity contribution in [1.82, 2.24) is 5.32 Å². The summed E-state index contributed by atoms with van der Waals surface area (Å²) >= 11 is 0. The predicted molar refractivity (Wildman–Crippen MR) is 49.6 cm³/mol. The summed E-state index contributed by atoms with van der Waals surface area (Å²) in [5, 5.41) is 3.30. The summed E-state index contributed by atoms with van der Waals surface area (Å²) in [6, 6.07) is 0.350. The molecule has 2 aliphatic heterocycles. The second kappa shape index (κ2) is 3.35. The minimum atomic E-state index is -0.253. The minimum absolute atomic E-state index is 0.0973. The Balaban J connectivity index is 2.21. The van der Waals surface area contributed by atoms with Gasteiger partial charge in [0.05, 0.1) is 13.0 Å². The number of methoxy groups -OCH3 is 1. The molecule has 0 aliphatic carbocycles. The standard InChI is InChI=1S/C10H15NO3/c1-5(12)8-6-3-4-7(11-6)9(8)10(13)14-2/h6-9,11H,3-4H2,1-2H3/t6-,7+,8+,9+/m0/s1. The van der Waals surface area contributed by atoms with Gasteiger partial charge in [0.25, 0.3) is 0 Å². The van der Waals surface area contributed by atoms with Crippen molar-refractivity contribution >= 4 is 11.8 Å². The first-order valence-corrected chi connectivity index (χ1v) is 4.99. The number of hydrogen-bond donors (Lipinski definition) is 1. The SMILES string of the molecule is COC(=O)[C@H]1[C@H](C(C)=O)[C@@H]2CC[C@H]1N2. The average molecular weight is 197 g/mol. The molecule has 14 heavy (non-hydrogen) atoms. The summed E-state index contributed by atoms with van der Waals surface area (Å²) in [5.74, 6) is -0.567. The van der Waals surface area contributed by atoms with E-state index in [0.717, 1.165) is 12.8 Å². The Morgan fingerprint density at radius 3 is 2.29 bits per heavy atom. The van der Waals surface area contributed by atoms with Gasteiger partial charge in [0.1, 0.15) is 5.78 Å². The maximum Gasteiger partial charge on any atom is 0.311 e. The van der Waals surface area contributed by atoms with E-state index in [1.165, 1.54) is 7.11 Å². The van der Waals surface area contributed by atoms with Crippen LogP contribution in [-0.2, 0) is 14.3 Å². The zero-order chi connectivity index (χ0) is 10.3. The third-order valence-electron chi connectivity index (χ3n) is 3.41. The number of nitrogens with one attached hydrogen (secondary N) is 1. The molecule has 2 heterocycles. The highest BCUT2D eigenvalue weighted by Gasteiger charge is 2.53. The van der Waals surface area contributed by atoms with Crippen molar-refractivity contribution in [3.8, 4) is 0 Å². The lowest BCUT2D eigenvalue weighted by Crippen LogP contribution is -2.37. The van der Waals surface area contributed by atoms with Crippen LogP contribution in [0, 0.1) is 11.8 Å². The van der Waals surface area contributed by atoms with Gasteiger partial charge >= 0.3 is 5.97 Å². The fraction of sp³-hybridized carbons (Fsp3) is 0.800. The molecule has 4 atom stereocenters. The van der Waals surface area contributed by atoms with E-state index < -0.39 is 0 Å². The van der Waals surface area contributed by atoms with Crippen molar-refractivity contribution < 1.29 is 14.3 Å². The summed E-state index contributed by atoms with van der Waals surface area (Å²) < 4.78 is 4.74. The maximum atomic E-state index is 11.5. The first kappa shape index (κ1) is 9.65. The van der Waals surface area contributed by atoms with Crippen LogP contribution in [0.15, 0.2) is 0 Å². The van der Waals surface area contributed by atoms with Crippen LogP contribution in [-0.4, -0.2) is 30.9 Å². The van der Waals surface area contributed by atoms with Crippen LogP contribution in [0.25, 0.3) is 0 Å². The third-order valence-corrected chi connectivity index (χ3v) is 3.41. The number of fused-ring (bicyclic) bond motifs is 2. The Kier molecular flexibility index (Phi) is 2.31. The smallest absolute Gasteiger partial charge is 0.311 e. The normalized spacial score (nSPS) is 39.9. The van der Waals surface area contributed by atoms with Gasteiger partial charge in [-0.05, 0) is 19.8 Å². The number of carbonyl (C=O) groups excluding carboxylic acids is 2. The van der Waals surface area contributed by atoms with Crippen molar-refractivity contribution in [2.24, 2.45) is 11.8 Å². The van der Waals surface area contributed by atoms with Gasteiger partial charge in [-0.15, -0.1) is 0 Å². The first-order chi connectivity index (χ1) is 6.65. The Morgan fingerprint density at radius 2 is 1.79 bits per heavy atom. The van der Waals surface area contributed by atoms with Gasteiger partial charge in [-0.3, -0.25) is 9.59 Å². The molecule has 0 aromatic rings. The van der Waals surface area contributed by atoms with Gasteiger partial charge in [0.2, 0.25) is 0 Å². The molecule has 0 saturated carbocycles. The van der Waals surface area contributed by atoms with Gasteiger partial charge in [-0.25, -0.2) is 0 Å². The van der Waals surface area contributed by atoms with E-state index >= 15 is 0 Å². The van der Waals surface area contributed by atoms with Crippen molar-refractivity contribution in [2.75, 3.05) is 7.11 Å². The number of ether oxygens (including phenoxy) is 1. The van der Waals surface area contributed by atoms with Gasteiger partial charge in [0, 0.05) is 18.0 Å². The van der Waals surface area contributed by atoms with Crippen LogP contribution in [0.5, 0.6) is 0 Å². The number of hydrogen-bond acceptors (Lipinski definition) is 4. The molecule has 0 radical (unpaired) electrons. The van der Waals surface area contributed by atoms with Crippen molar-refractivity contribution in [3.05, 3.63) is 0 Å². The third kappa shape index (κ3) is 1.25. The summed E-state index contributed by atoms with van der Waals surface area (Å²) in [4.78, 5) is 22.9. The molecule has 2 aliphatic rings. The van der Waals surface area contributed by atoms with Crippen LogP contribution in [0.1, 0.15) is 19.8 Å². The molecule has 4 heteroatoms. The molecule has 78 valence electrons. The van der Waals surface area contributed by atoms with Gasteiger partial charge in [-0.1, -0.05) is 0 Å². The molecule has 2 saturated heterocycles. The minimum Gasteiger partial charge on any atom is -0.469 e. The highest BCUT2D eigenvalue weighted by atomic mass is 16.5. The monoisotopic (exact) mass is 197 g/mol. The molecule has 0 amide bonds. The molecule has 2 fully saturated rings. The summed E-state index contributed by atoms with van der Waals surface area (Å²) in [5.41, 5.74) is 0. The van der Waals surface area contributed by atoms with E-state index in [9.17, 15) is 9.59 Å². The number of ketones is 1. The lowest BCUT2D eigenvalue weighted by atomic mass is 9.77. The van der Waals surface area contributed by atoms with Crippen LogP contribution >= 0.6 is 0 Å². The highest BCUT2D eigenvalue weighted by Crippen LogP contribution is 2.39. The van der Waals surface area contributed by atoms with E-state index in [-0.39, 0.29) is 35.7 Å². The molecule has 0 unspecified atom stereocenters. The van der Waals surface area contributed by atoms with Crippen LogP contribution in [0.2, 0.25) is 0 Å². The molecular weight excluding hydrogens is 182 g/mol. The van der Waals surface area contributed by atoms with E-state index in [4.69, 9.17) is 4.74 Å². The van der Waals surface area contributed by atoms with E-state index in [0.29, 0.717) is 0 Å². The fourth-order valence-electron chi connectivity index (χ4n) is 2.85. The zero-order valence-corrected chi connectivity index (χ0v) is 8.45. The van der Waals surface area contributed by atoms with E-state index in [2.05, 4.69) is 5.32 Å². The molecular formula is C10H15NO3. The summed E-state index contributed by atoms with van der Waals surface area (Å²) in [7, 11) is 1.38. The molecule has 4 nitrogen and oxygen atoms in total. The van der Waals surface area contributed by atoms with Crippen molar-refractivity contribution in [2.45, 2.75) is 31.8 Å². The second-order valence-corrected chi connectivity index (χ2v) is 4.14. The average Bonchev–Trinajstić information content (AvgIpc) is 2.74. The lowest BCUT2D eigenvalue weighted by molar-refractivity contribution is -0.150. The molecule has 0 aromatic carbocycles. The number of Topliss-reactive ketones (excluding diaryl/α,β-unsaturated/α-hetero) is 1. The Hall–Kier alpha value is -0.900. The maximum absolute atomic E-state index is 11.5. The van der Waals surface area contributed by atoms with Crippen LogP contribution in [0.4, 0.5) is 0 Å². The first-order valence-electron chi connectivity index (χ1n) is 4.99. The lowest BCUT2D eigenvalue weighted by Gasteiger charge is -2.25. The molecule has 2 bridgehead atoms. The molecule has 2 rings (SSSR count). The molecule has 0 spiro atoms. The summed E-state index contributed by atoms with van der Waals surface area (Å²) in [6.07, 6.45) is 1.98. The topological polar surface area (TPSA) is 55.4 Å². The zero-order valence-electron chi connectivity index (χ0n) is 8.45. The largest absolute Gasteiger partial charge is 0.469 e. The Bertz CT molecular complexity index is 277. The second-order valence-electron chi connectivity index (χ2n) is 4.14. The van der Waals surface area contributed by atoms with Crippen molar-refractivity contribution in [3.63, 3.8) is 0 Å². The van der Waals surface area contributed by atoms with Crippen LogP contribution in [0.3, 0.4) is 0 Å². The Morgan fingerprint density at radius 1 is 1.21 bits per heavy atom. The number of carbonyl (C=O) groups is 2. The quantitative estimate of drug-likeness (QED) is 0.639. The van der Waals surface area contributed by atoms with Gasteiger partial charge < -0.3 is 10.1 Å². The van der Waals surface area contributed by atoms with Crippen LogP contribution < -0.4 is 5.32 Å². The van der Waals surface area contributed by atoms with Gasteiger partial charge in [-0.2, -0.15) is 0 Å². The number of esters is 1. The Labute approximate surface area is 83.0 Å². The van der Waals surface area contributed by atoms with Gasteiger partial charge in [0.15, 0.2) is 0 Å². The number of rotatable bonds is 2. The predicted octanol–water partition coefficient (Wildman–Crippen LogP) is 0.115. The van der Waals surface area contributed by atoms with Crippen molar-refractivity contribution in [1.29, 1.82) is 0 Å². The molecule has 0 aromatic heterocycles. The fourth-order valence-corrected chi connectivity index (χ4v) is 2.85. The molecule has 1 N–H and O–H groups in total. The summed E-state index contributed by atoms with van der Waals surface area (Å²) in [6.45, 7) is 1.56. The van der Waals surface area contributed by atoms with E-state index in [1.807, 2.05) is 0 Å². The highest BCUT2D eigenvalue weighted by molar-refractivity contribution is 5.87. The van der Waals surface area contributed by atoms with E-state index in [1.54, 1.807) is 6.92 Å².